The molecule has 0 radical (unpaired) electrons. The highest BCUT2D eigenvalue weighted by Gasteiger charge is 2.38. The molecular formula is C22H26N2O2S. The number of amides is 2. The van der Waals surface area contributed by atoms with Crippen LogP contribution in [0.5, 0.6) is 0 Å². The van der Waals surface area contributed by atoms with E-state index >= 15 is 0 Å². The van der Waals surface area contributed by atoms with Crippen molar-refractivity contribution in [3.05, 3.63) is 53.6 Å². The molecule has 5 heteroatoms. The van der Waals surface area contributed by atoms with Crippen molar-refractivity contribution in [3.63, 3.8) is 0 Å². The van der Waals surface area contributed by atoms with E-state index in [1.165, 1.54) is 16.0 Å². The van der Waals surface area contributed by atoms with Crippen molar-refractivity contribution < 1.29 is 9.59 Å². The monoisotopic (exact) mass is 382 g/mol. The second kappa shape index (κ2) is 8.61. The van der Waals surface area contributed by atoms with Gasteiger partial charge in [0, 0.05) is 34.4 Å². The Bertz CT molecular complexity index is 833. The van der Waals surface area contributed by atoms with Crippen LogP contribution in [-0.2, 0) is 9.59 Å². The molecule has 3 rings (SSSR count). The van der Waals surface area contributed by atoms with Gasteiger partial charge in [0.15, 0.2) is 0 Å². The number of hydrogen-bond donors (Lipinski definition) is 2. The Morgan fingerprint density at radius 3 is 2.48 bits per heavy atom. The normalized spacial score (nSPS) is 18.0. The predicted octanol–water partition coefficient (Wildman–Crippen LogP) is 4.56. The molecule has 4 nitrogen and oxygen atoms in total. The summed E-state index contributed by atoms with van der Waals surface area (Å²) in [4.78, 5) is 26.2. The first-order chi connectivity index (χ1) is 12.9. The zero-order valence-corrected chi connectivity index (χ0v) is 16.9. The van der Waals surface area contributed by atoms with Crippen LogP contribution in [0.4, 0.5) is 5.69 Å². The topological polar surface area (TPSA) is 58.2 Å². The van der Waals surface area contributed by atoms with E-state index in [-0.39, 0.29) is 24.2 Å². The van der Waals surface area contributed by atoms with Gasteiger partial charge >= 0.3 is 0 Å². The van der Waals surface area contributed by atoms with Gasteiger partial charge < -0.3 is 10.6 Å². The van der Waals surface area contributed by atoms with Crippen LogP contribution in [0.3, 0.4) is 0 Å². The number of nitrogens with one attached hydrogen (secondary N) is 2. The van der Waals surface area contributed by atoms with E-state index in [1.807, 2.05) is 24.3 Å². The molecule has 0 spiro atoms. The highest BCUT2D eigenvalue weighted by atomic mass is 32.2. The van der Waals surface area contributed by atoms with E-state index in [0.29, 0.717) is 12.5 Å². The smallest absolute Gasteiger partial charge is 0.226 e. The molecule has 2 unspecified atom stereocenters. The first kappa shape index (κ1) is 19.5. The fourth-order valence-corrected chi connectivity index (χ4v) is 3.89. The van der Waals surface area contributed by atoms with Crippen LogP contribution in [0, 0.1) is 25.7 Å². The molecule has 0 bridgehead atoms. The molecule has 1 fully saturated rings. The molecular weight excluding hydrogens is 356 g/mol. The van der Waals surface area contributed by atoms with E-state index in [0.717, 1.165) is 17.0 Å². The molecule has 1 aliphatic carbocycles. The number of benzene rings is 2. The van der Waals surface area contributed by atoms with Crippen LogP contribution in [0.25, 0.3) is 0 Å². The lowest BCUT2D eigenvalue weighted by Crippen LogP contribution is -2.29. The molecule has 2 aromatic rings. The van der Waals surface area contributed by atoms with Gasteiger partial charge in [-0.05, 0) is 67.6 Å². The number of aryl methyl sites for hydroxylation is 2. The number of carbonyl (C=O) groups is 2. The molecule has 2 atom stereocenters. The maximum Gasteiger partial charge on any atom is 0.226 e. The van der Waals surface area contributed by atoms with Gasteiger partial charge in [0.25, 0.3) is 0 Å². The van der Waals surface area contributed by atoms with Crippen LogP contribution in [0.15, 0.2) is 52.3 Å². The molecule has 0 aromatic heterocycles. The maximum atomic E-state index is 12.0. The predicted molar refractivity (Wildman–Crippen MR) is 110 cm³/mol. The summed E-state index contributed by atoms with van der Waals surface area (Å²) in [5.74, 6) is 0.617. The highest BCUT2D eigenvalue weighted by Crippen LogP contribution is 2.37. The Balaban J connectivity index is 1.46. The summed E-state index contributed by atoms with van der Waals surface area (Å²) in [6, 6.07) is 14.3. The van der Waals surface area contributed by atoms with Crippen molar-refractivity contribution >= 4 is 29.3 Å². The minimum Gasteiger partial charge on any atom is -0.355 e. The Hall–Kier alpha value is -2.27. The number of anilines is 1. The summed E-state index contributed by atoms with van der Waals surface area (Å²) in [5.41, 5.74) is 3.27. The van der Waals surface area contributed by atoms with Gasteiger partial charge in [0.05, 0.1) is 0 Å². The lowest BCUT2D eigenvalue weighted by molar-refractivity contribution is -0.122. The van der Waals surface area contributed by atoms with Gasteiger partial charge in [-0.15, -0.1) is 0 Å². The van der Waals surface area contributed by atoms with Gasteiger partial charge in [0.1, 0.15) is 0 Å². The molecule has 2 aromatic carbocycles. The highest BCUT2D eigenvalue weighted by molar-refractivity contribution is 7.99. The quantitative estimate of drug-likeness (QED) is 0.738. The minimum atomic E-state index is -0.0888. The van der Waals surface area contributed by atoms with Crippen LogP contribution >= 0.6 is 11.8 Å². The first-order valence-corrected chi connectivity index (χ1v) is 10.2. The maximum absolute atomic E-state index is 12.0. The third-order valence-corrected chi connectivity index (χ3v) is 5.97. The Labute approximate surface area is 165 Å². The second-order valence-corrected chi connectivity index (χ2v) is 8.42. The standard InChI is InChI=1S/C22H26N2O2S/c1-14-4-5-15(2)20(12-14)27-18-8-6-17(7-9-18)24-21(25)10-11-23-22(26)19-13-16(19)3/h4-9,12,16,19H,10-11,13H2,1-3H3,(H,23,26)(H,24,25). The van der Waals surface area contributed by atoms with Crippen molar-refractivity contribution in [2.75, 3.05) is 11.9 Å². The zero-order valence-electron chi connectivity index (χ0n) is 16.0. The first-order valence-electron chi connectivity index (χ1n) is 9.35. The second-order valence-electron chi connectivity index (χ2n) is 7.30. The lowest BCUT2D eigenvalue weighted by atomic mass is 10.2. The van der Waals surface area contributed by atoms with Gasteiger partial charge in [-0.3, -0.25) is 9.59 Å². The molecule has 0 heterocycles. The van der Waals surface area contributed by atoms with Crippen molar-refractivity contribution in [1.82, 2.24) is 5.32 Å². The largest absolute Gasteiger partial charge is 0.355 e. The summed E-state index contributed by atoms with van der Waals surface area (Å²) in [6.07, 6.45) is 1.25. The average Bonchev–Trinajstić information content (AvgIpc) is 3.36. The van der Waals surface area contributed by atoms with Gasteiger partial charge in [-0.1, -0.05) is 30.8 Å². The van der Waals surface area contributed by atoms with Crippen molar-refractivity contribution in [2.45, 2.75) is 43.4 Å². The number of hydrogen-bond acceptors (Lipinski definition) is 3. The zero-order chi connectivity index (χ0) is 19.4. The van der Waals surface area contributed by atoms with Crippen molar-refractivity contribution in [2.24, 2.45) is 11.8 Å². The Morgan fingerprint density at radius 1 is 1.11 bits per heavy atom. The molecule has 0 aliphatic heterocycles. The van der Waals surface area contributed by atoms with Crippen molar-refractivity contribution in [3.8, 4) is 0 Å². The number of rotatable bonds is 7. The summed E-state index contributed by atoms with van der Waals surface area (Å²) in [6.45, 7) is 6.66. The molecule has 2 N–H and O–H groups in total. The average molecular weight is 383 g/mol. The van der Waals surface area contributed by atoms with Crippen LogP contribution < -0.4 is 10.6 Å². The van der Waals surface area contributed by atoms with Gasteiger partial charge in [-0.25, -0.2) is 0 Å². The lowest BCUT2D eigenvalue weighted by Gasteiger charge is -2.09. The fourth-order valence-electron chi connectivity index (χ4n) is 2.89. The Morgan fingerprint density at radius 2 is 1.81 bits per heavy atom. The minimum absolute atomic E-state index is 0.0723. The summed E-state index contributed by atoms with van der Waals surface area (Å²) in [7, 11) is 0. The SMILES string of the molecule is Cc1ccc(C)c(Sc2ccc(NC(=O)CCNC(=O)C3CC3C)cc2)c1. The van der Waals surface area contributed by atoms with Gasteiger partial charge in [0.2, 0.25) is 11.8 Å². The summed E-state index contributed by atoms with van der Waals surface area (Å²) >= 11 is 1.72. The van der Waals surface area contributed by atoms with E-state index in [1.54, 1.807) is 11.8 Å². The van der Waals surface area contributed by atoms with Crippen LogP contribution in [0.1, 0.15) is 30.9 Å². The molecule has 27 heavy (non-hydrogen) atoms. The van der Waals surface area contributed by atoms with E-state index in [4.69, 9.17) is 0 Å². The van der Waals surface area contributed by atoms with E-state index in [9.17, 15) is 9.59 Å². The number of carbonyl (C=O) groups excluding carboxylic acids is 2. The Kier molecular flexibility index (Phi) is 6.22. The third-order valence-electron chi connectivity index (χ3n) is 4.81. The van der Waals surface area contributed by atoms with E-state index < -0.39 is 0 Å². The summed E-state index contributed by atoms with van der Waals surface area (Å²) < 4.78 is 0. The molecule has 0 saturated heterocycles. The van der Waals surface area contributed by atoms with E-state index in [2.05, 4.69) is 49.6 Å². The van der Waals surface area contributed by atoms with Gasteiger partial charge in [-0.2, -0.15) is 0 Å². The third kappa shape index (κ3) is 5.60. The fraction of sp³-hybridized carbons (Fsp3) is 0.364. The molecule has 1 aliphatic rings. The van der Waals surface area contributed by atoms with Crippen LogP contribution in [0.2, 0.25) is 0 Å². The molecule has 142 valence electrons. The molecule has 1 saturated carbocycles. The van der Waals surface area contributed by atoms with Crippen molar-refractivity contribution in [1.29, 1.82) is 0 Å². The molecule has 2 amide bonds. The summed E-state index contributed by atoms with van der Waals surface area (Å²) in [5, 5.41) is 5.72. The van der Waals surface area contributed by atoms with Crippen LogP contribution in [-0.4, -0.2) is 18.4 Å².